The number of ether oxygens (including phenoxy) is 2. The van der Waals surface area contributed by atoms with Gasteiger partial charge in [0.1, 0.15) is 17.8 Å². The van der Waals surface area contributed by atoms with Crippen LogP contribution in [0.4, 0.5) is 5.69 Å². The standard InChI is InChI=1S/C21H19N5O4S/c1-15-12-18(8-9-19(15)29-2)31(27,28)25-16-4-6-17(7-5-16)30-21-13-20(22-14-23-21)26-11-3-10-24-26/h3-14,25H,1-2H3. The van der Waals surface area contributed by atoms with Crippen LogP contribution in [-0.2, 0) is 10.0 Å². The molecule has 2 aromatic heterocycles. The first-order valence-electron chi connectivity index (χ1n) is 9.22. The van der Waals surface area contributed by atoms with Gasteiger partial charge >= 0.3 is 0 Å². The number of nitrogens with one attached hydrogen (secondary N) is 1. The fourth-order valence-corrected chi connectivity index (χ4v) is 4.00. The molecule has 0 radical (unpaired) electrons. The van der Waals surface area contributed by atoms with Crippen LogP contribution in [0, 0.1) is 6.92 Å². The molecule has 4 aromatic rings. The number of rotatable bonds is 7. The SMILES string of the molecule is COc1ccc(S(=O)(=O)Nc2ccc(Oc3cc(-n4cccn4)ncn3)cc2)cc1C. The first-order valence-corrected chi connectivity index (χ1v) is 10.7. The lowest BCUT2D eigenvalue weighted by atomic mass is 10.2. The number of methoxy groups -OCH3 is 1. The zero-order chi connectivity index (χ0) is 21.8. The second-order valence-corrected chi connectivity index (χ2v) is 8.21. The Morgan fingerprint density at radius 3 is 2.52 bits per heavy atom. The van der Waals surface area contributed by atoms with E-state index < -0.39 is 10.0 Å². The van der Waals surface area contributed by atoms with E-state index in [4.69, 9.17) is 9.47 Å². The summed E-state index contributed by atoms with van der Waals surface area (Å²) in [4.78, 5) is 8.39. The minimum Gasteiger partial charge on any atom is -0.496 e. The Balaban J connectivity index is 1.47. The van der Waals surface area contributed by atoms with Crippen LogP contribution in [0.5, 0.6) is 17.4 Å². The van der Waals surface area contributed by atoms with Crippen molar-refractivity contribution in [3.05, 3.63) is 78.9 Å². The molecule has 0 saturated carbocycles. The molecule has 0 unspecified atom stereocenters. The highest BCUT2D eigenvalue weighted by Crippen LogP contribution is 2.25. The molecule has 0 aliphatic heterocycles. The van der Waals surface area contributed by atoms with Crippen molar-refractivity contribution in [3.8, 4) is 23.2 Å². The minimum absolute atomic E-state index is 0.151. The molecule has 158 valence electrons. The van der Waals surface area contributed by atoms with Gasteiger partial charge < -0.3 is 9.47 Å². The van der Waals surface area contributed by atoms with E-state index in [1.807, 2.05) is 0 Å². The van der Waals surface area contributed by atoms with Gasteiger partial charge in [0.25, 0.3) is 10.0 Å². The average molecular weight is 437 g/mol. The van der Waals surface area contributed by atoms with E-state index in [0.717, 1.165) is 5.56 Å². The molecule has 0 fully saturated rings. The van der Waals surface area contributed by atoms with Gasteiger partial charge in [0, 0.05) is 24.1 Å². The Hall–Kier alpha value is -3.92. The number of hydrogen-bond acceptors (Lipinski definition) is 7. The smallest absolute Gasteiger partial charge is 0.261 e. The number of nitrogens with zero attached hydrogens (tertiary/aromatic N) is 4. The summed E-state index contributed by atoms with van der Waals surface area (Å²) < 4.78 is 40.4. The number of aryl methyl sites for hydroxylation is 1. The van der Waals surface area contributed by atoms with Crippen molar-refractivity contribution in [1.82, 2.24) is 19.7 Å². The lowest BCUT2D eigenvalue weighted by Crippen LogP contribution is -2.13. The van der Waals surface area contributed by atoms with Gasteiger partial charge in [-0.25, -0.2) is 23.1 Å². The van der Waals surface area contributed by atoms with Gasteiger partial charge in [-0.2, -0.15) is 5.10 Å². The Bertz CT molecular complexity index is 1290. The predicted octanol–water partition coefficient (Wildman–Crippen LogP) is 3.57. The minimum atomic E-state index is -3.74. The highest BCUT2D eigenvalue weighted by molar-refractivity contribution is 7.92. The Morgan fingerprint density at radius 1 is 1.03 bits per heavy atom. The van der Waals surface area contributed by atoms with Crippen LogP contribution in [-0.4, -0.2) is 35.3 Å². The largest absolute Gasteiger partial charge is 0.496 e. The fraction of sp³-hybridized carbons (Fsp3) is 0.0952. The van der Waals surface area contributed by atoms with E-state index >= 15 is 0 Å². The van der Waals surface area contributed by atoms with Crippen molar-refractivity contribution in [3.63, 3.8) is 0 Å². The molecule has 10 heteroatoms. The molecule has 0 saturated heterocycles. The van der Waals surface area contributed by atoms with Crippen LogP contribution in [0.3, 0.4) is 0 Å². The van der Waals surface area contributed by atoms with Gasteiger partial charge in [-0.1, -0.05) is 0 Å². The number of benzene rings is 2. The Labute approximate surface area is 179 Å². The van der Waals surface area contributed by atoms with E-state index in [0.29, 0.717) is 28.9 Å². The number of sulfonamides is 1. The highest BCUT2D eigenvalue weighted by atomic mass is 32.2. The maximum absolute atomic E-state index is 12.7. The first kappa shape index (κ1) is 20.4. The summed E-state index contributed by atoms with van der Waals surface area (Å²) >= 11 is 0. The molecule has 0 aliphatic carbocycles. The second-order valence-electron chi connectivity index (χ2n) is 6.53. The van der Waals surface area contributed by atoms with E-state index in [9.17, 15) is 8.42 Å². The van der Waals surface area contributed by atoms with Gasteiger partial charge in [0.05, 0.1) is 12.0 Å². The molecule has 0 amide bonds. The maximum Gasteiger partial charge on any atom is 0.261 e. The van der Waals surface area contributed by atoms with Gasteiger partial charge in [0.2, 0.25) is 5.88 Å². The first-order chi connectivity index (χ1) is 14.9. The Kier molecular flexibility index (Phi) is 5.54. The summed E-state index contributed by atoms with van der Waals surface area (Å²) in [5.41, 5.74) is 1.13. The van der Waals surface area contributed by atoms with E-state index in [1.54, 1.807) is 72.5 Å². The molecule has 4 rings (SSSR count). The highest BCUT2D eigenvalue weighted by Gasteiger charge is 2.16. The molecule has 0 bridgehead atoms. The third-order valence-corrected chi connectivity index (χ3v) is 5.75. The maximum atomic E-state index is 12.7. The van der Waals surface area contributed by atoms with E-state index in [1.165, 1.54) is 19.5 Å². The van der Waals surface area contributed by atoms with Crippen molar-refractivity contribution >= 4 is 15.7 Å². The van der Waals surface area contributed by atoms with Crippen LogP contribution < -0.4 is 14.2 Å². The van der Waals surface area contributed by atoms with Gasteiger partial charge in [-0.3, -0.25) is 4.72 Å². The van der Waals surface area contributed by atoms with Gasteiger partial charge in [0.15, 0.2) is 5.82 Å². The summed E-state index contributed by atoms with van der Waals surface area (Å²) in [6.45, 7) is 1.79. The van der Waals surface area contributed by atoms with Crippen LogP contribution in [0.15, 0.2) is 78.2 Å². The molecule has 9 nitrogen and oxygen atoms in total. The fourth-order valence-electron chi connectivity index (χ4n) is 2.86. The summed E-state index contributed by atoms with van der Waals surface area (Å²) in [5, 5.41) is 4.12. The topological polar surface area (TPSA) is 108 Å². The van der Waals surface area contributed by atoms with Crippen molar-refractivity contribution in [2.24, 2.45) is 0 Å². The molecule has 31 heavy (non-hydrogen) atoms. The number of aromatic nitrogens is 4. The molecular weight excluding hydrogens is 418 g/mol. The lowest BCUT2D eigenvalue weighted by molar-refractivity contribution is 0.411. The summed E-state index contributed by atoms with van der Waals surface area (Å²) in [6, 6.07) is 14.6. The molecule has 0 spiro atoms. The lowest BCUT2D eigenvalue weighted by Gasteiger charge is -2.11. The predicted molar refractivity (Wildman–Crippen MR) is 114 cm³/mol. The van der Waals surface area contributed by atoms with Crippen molar-refractivity contribution in [1.29, 1.82) is 0 Å². The summed E-state index contributed by atoms with van der Waals surface area (Å²) in [7, 11) is -2.20. The molecule has 2 heterocycles. The number of hydrogen-bond donors (Lipinski definition) is 1. The van der Waals surface area contributed by atoms with Crippen molar-refractivity contribution in [2.75, 3.05) is 11.8 Å². The molecule has 0 atom stereocenters. The second kappa shape index (κ2) is 8.44. The normalized spacial score (nSPS) is 11.2. The molecule has 0 aliphatic rings. The van der Waals surface area contributed by atoms with E-state index in [-0.39, 0.29) is 4.90 Å². The monoisotopic (exact) mass is 437 g/mol. The van der Waals surface area contributed by atoms with E-state index in [2.05, 4.69) is 19.8 Å². The molecular formula is C21H19N5O4S. The summed E-state index contributed by atoms with van der Waals surface area (Å²) in [6.07, 6.45) is 4.79. The Morgan fingerprint density at radius 2 is 1.84 bits per heavy atom. The third kappa shape index (κ3) is 4.64. The van der Waals surface area contributed by atoms with Crippen molar-refractivity contribution in [2.45, 2.75) is 11.8 Å². The average Bonchev–Trinajstić information content (AvgIpc) is 3.30. The van der Waals surface area contributed by atoms with Crippen LogP contribution >= 0.6 is 0 Å². The van der Waals surface area contributed by atoms with Crippen LogP contribution in [0.1, 0.15) is 5.56 Å². The van der Waals surface area contributed by atoms with Crippen LogP contribution in [0.2, 0.25) is 0 Å². The molecule has 1 N–H and O–H groups in total. The van der Waals surface area contributed by atoms with Crippen LogP contribution in [0.25, 0.3) is 5.82 Å². The zero-order valence-electron chi connectivity index (χ0n) is 16.8. The quantitative estimate of drug-likeness (QED) is 0.471. The molecule has 2 aromatic carbocycles. The zero-order valence-corrected chi connectivity index (χ0v) is 17.6. The van der Waals surface area contributed by atoms with Crippen molar-refractivity contribution < 1.29 is 17.9 Å². The number of anilines is 1. The van der Waals surface area contributed by atoms with Gasteiger partial charge in [-0.15, -0.1) is 0 Å². The third-order valence-electron chi connectivity index (χ3n) is 4.37. The summed E-state index contributed by atoms with van der Waals surface area (Å²) in [5.74, 6) is 2.02. The van der Waals surface area contributed by atoms with Gasteiger partial charge in [-0.05, 0) is 61.0 Å².